The van der Waals surface area contributed by atoms with Gasteiger partial charge < -0.3 is 10.6 Å². The van der Waals surface area contributed by atoms with Crippen molar-refractivity contribution in [3.8, 4) is 0 Å². The molecule has 0 aliphatic rings. The molecule has 6 nitrogen and oxygen atoms in total. The van der Waals surface area contributed by atoms with Crippen molar-refractivity contribution in [2.24, 2.45) is 0 Å². The molecule has 3 aromatic heterocycles. The lowest BCUT2D eigenvalue weighted by atomic mass is 10.3. The summed E-state index contributed by atoms with van der Waals surface area (Å²) in [5, 5.41) is 11.2. The Balaban J connectivity index is 1.65. The number of pyridine rings is 1. The highest BCUT2D eigenvalue weighted by molar-refractivity contribution is 5.82. The SMILES string of the molecule is CNc1c(NCCC[n+]2cc[nH]c2)nn2ccccc12. The smallest absolute Gasteiger partial charge is 0.241 e. The molecule has 0 aromatic carbocycles. The average Bonchev–Trinajstić information content (AvgIpc) is 3.10. The van der Waals surface area contributed by atoms with Crippen molar-refractivity contribution in [3.63, 3.8) is 0 Å². The first-order valence-electron chi connectivity index (χ1n) is 6.79. The van der Waals surface area contributed by atoms with Crippen molar-refractivity contribution >= 4 is 17.0 Å². The molecule has 0 fully saturated rings. The summed E-state index contributed by atoms with van der Waals surface area (Å²) in [6.45, 7) is 1.87. The van der Waals surface area contributed by atoms with Crippen LogP contribution in [-0.2, 0) is 6.54 Å². The normalized spacial score (nSPS) is 10.8. The predicted octanol–water partition coefficient (Wildman–Crippen LogP) is 1.49. The zero-order valence-corrected chi connectivity index (χ0v) is 11.5. The van der Waals surface area contributed by atoms with E-state index in [4.69, 9.17) is 0 Å². The number of fused-ring (bicyclic) bond motifs is 1. The van der Waals surface area contributed by atoms with E-state index in [-0.39, 0.29) is 0 Å². The highest BCUT2D eigenvalue weighted by Gasteiger charge is 2.10. The molecule has 0 spiro atoms. The van der Waals surface area contributed by atoms with Crippen molar-refractivity contribution in [1.82, 2.24) is 14.6 Å². The van der Waals surface area contributed by atoms with Crippen LogP contribution in [0.2, 0.25) is 0 Å². The van der Waals surface area contributed by atoms with Gasteiger partial charge >= 0.3 is 0 Å². The summed E-state index contributed by atoms with van der Waals surface area (Å²) < 4.78 is 4.01. The molecule has 3 N–H and O–H groups in total. The topological polar surface area (TPSA) is 61.0 Å². The zero-order valence-electron chi connectivity index (χ0n) is 11.5. The minimum Gasteiger partial charge on any atom is -0.383 e. The number of imidazole rings is 1. The molecule has 0 amide bonds. The van der Waals surface area contributed by atoms with E-state index in [9.17, 15) is 0 Å². The van der Waals surface area contributed by atoms with Gasteiger partial charge in [-0.25, -0.2) is 9.08 Å². The summed E-state index contributed by atoms with van der Waals surface area (Å²) in [6, 6.07) is 6.05. The van der Waals surface area contributed by atoms with Crippen LogP contribution in [0.25, 0.3) is 5.52 Å². The summed E-state index contributed by atoms with van der Waals surface area (Å²) in [7, 11) is 1.92. The number of aromatic nitrogens is 4. The van der Waals surface area contributed by atoms with Gasteiger partial charge in [0, 0.05) is 26.2 Å². The Morgan fingerprint density at radius 2 is 2.35 bits per heavy atom. The molecule has 3 aromatic rings. The van der Waals surface area contributed by atoms with Crippen molar-refractivity contribution in [3.05, 3.63) is 43.1 Å². The molecule has 6 heteroatoms. The molecule has 0 atom stereocenters. The molecule has 0 saturated carbocycles. The first kappa shape index (κ1) is 12.5. The Kier molecular flexibility index (Phi) is 3.54. The largest absolute Gasteiger partial charge is 0.383 e. The first-order chi connectivity index (χ1) is 9.88. The Hall–Kier alpha value is -2.50. The summed E-state index contributed by atoms with van der Waals surface area (Å²) in [6.07, 6.45) is 8.92. The monoisotopic (exact) mass is 271 g/mol. The molecule has 0 aliphatic heterocycles. The van der Waals surface area contributed by atoms with E-state index >= 15 is 0 Å². The predicted molar refractivity (Wildman–Crippen MR) is 78.8 cm³/mol. The third-order valence-corrected chi connectivity index (χ3v) is 3.28. The molecule has 20 heavy (non-hydrogen) atoms. The van der Waals surface area contributed by atoms with Crippen molar-refractivity contribution < 1.29 is 4.57 Å². The van der Waals surface area contributed by atoms with E-state index in [0.29, 0.717) is 0 Å². The number of anilines is 2. The quantitative estimate of drug-likeness (QED) is 0.470. The highest BCUT2D eigenvalue weighted by Crippen LogP contribution is 2.25. The fourth-order valence-corrected chi connectivity index (χ4v) is 2.30. The standard InChI is InChI=1S/C14H18N6/c1-15-13-12-5-2-3-9-20(12)18-14(13)17-6-4-8-19-10-7-16-11-19/h2-3,5,7,9-11,15H,4,6,8H2,1H3,(H,17,18)/p+1. The number of hydrogen-bond donors (Lipinski definition) is 3. The van der Waals surface area contributed by atoms with Gasteiger partial charge in [-0.2, -0.15) is 0 Å². The van der Waals surface area contributed by atoms with Crippen LogP contribution in [0.15, 0.2) is 43.1 Å². The number of aryl methyl sites for hydroxylation is 1. The number of aromatic amines is 1. The summed E-state index contributed by atoms with van der Waals surface area (Å²) in [4.78, 5) is 3.04. The molecule has 104 valence electrons. The van der Waals surface area contributed by atoms with Crippen molar-refractivity contribution in [2.75, 3.05) is 24.2 Å². The second-order valence-corrected chi connectivity index (χ2v) is 4.63. The van der Waals surface area contributed by atoms with E-state index in [1.54, 1.807) is 0 Å². The second-order valence-electron chi connectivity index (χ2n) is 4.63. The minimum atomic E-state index is 0.886. The number of hydrogen-bond acceptors (Lipinski definition) is 3. The molecule has 0 unspecified atom stereocenters. The Morgan fingerprint density at radius 1 is 1.40 bits per heavy atom. The Labute approximate surface area is 117 Å². The maximum Gasteiger partial charge on any atom is 0.241 e. The van der Waals surface area contributed by atoms with E-state index in [1.165, 1.54) is 0 Å². The Morgan fingerprint density at radius 3 is 3.15 bits per heavy atom. The zero-order chi connectivity index (χ0) is 13.8. The van der Waals surface area contributed by atoms with Crippen LogP contribution in [0.4, 0.5) is 11.5 Å². The fourth-order valence-electron chi connectivity index (χ4n) is 2.30. The molecular formula is C14H19N6+. The third-order valence-electron chi connectivity index (χ3n) is 3.28. The van der Waals surface area contributed by atoms with Crippen LogP contribution >= 0.6 is 0 Å². The molecule has 0 bridgehead atoms. The van der Waals surface area contributed by atoms with Crippen LogP contribution in [0, 0.1) is 0 Å². The molecule has 3 heterocycles. The van der Waals surface area contributed by atoms with Crippen LogP contribution < -0.4 is 15.2 Å². The van der Waals surface area contributed by atoms with Crippen molar-refractivity contribution in [2.45, 2.75) is 13.0 Å². The van der Waals surface area contributed by atoms with Crippen molar-refractivity contribution in [1.29, 1.82) is 0 Å². The summed E-state index contributed by atoms with van der Waals surface area (Å²) >= 11 is 0. The lowest BCUT2D eigenvalue weighted by Crippen LogP contribution is -2.31. The Bertz CT molecular complexity index is 670. The molecule has 3 rings (SSSR count). The van der Waals surface area contributed by atoms with E-state index in [2.05, 4.69) is 31.3 Å². The highest BCUT2D eigenvalue weighted by atomic mass is 15.3. The van der Waals surface area contributed by atoms with Gasteiger partial charge in [0.1, 0.15) is 18.1 Å². The number of nitrogens with one attached hydrogen (secondary N) is 3. The van der Waals surface area contributed by atoms with Gasteiger partial charge in [-0.1, -0.05) is 6.07 Å². The van der Waals surface area contributed by atoms with Gasteiger partial charge in [0.15, 0.2) is 5.82 Å². The molecule has 0 aliphatic carbocycles. The van der Waals surface area contributed by atoms with Gasteiger partial charge in [0.2, 0.25) is 6.33 Å². The third kappa shape index (κ3) is 2.45. The van der Waals surface area contributed by atoms with Gasteiger partial charge in [-0.05, 0) is 12.1 Å². The number of rotatable bonds is 6. The maximum absolute atomic E-state index is 4.55. The number of nitrogens with zero attached hydrogens (tertiary/aromatic N) is 3. The van der Waals surface area contributed by atoms with Crippen LogP contribution in [0.3, 0.4) is 0 Å². The van der Waals surface area contributed by atoms with Gasteiger partial charge in [-0.15, -0.1) is 5.10 Å². The summed E-state index contributed by atoms with van der Waals surface area (Å²) in [5.41, 5.74) is 2.12. The number of H-pyrrole nitrogens is 1. The van der Waals surface area contributed by atoms with Gasteiger partial charge in [-0.3, -0.25) is 4.98 Å². The average molecular weight is 271 g/mol. The minimum absolute atomic E-state index is 0.886. The molecular weight excluding hydrogens is 252 g/mol. The maximum atomic E-state index is 4.55. The van der Waals surface area contributed by atoms with E-state index in [0.717, 1.165) is 36.5 Å². The van der Waals surface area contributed by atoms with E-state index in [1.807, 2.05) is 48.6 Å². The van der Waals surface area contributed by atoms with E-state index < -0.39 is 0 Å². The van der Waals surface area contributed by atoms with Gasteiger partial charge in [0.25, 0.3) is 0 Å². The first-order valence-corrected chi connectivity index (χ1v) is 6.79. The van der Waals surface area contributed by atoms with Gasteiger partial charge in [0.05, 0.1) is 12.1 Å². The molecule has 0 saturated heterocycles. The van der Waals surface area contributed by atoms with Crippen LogP contribution in [-0.4, -0.2) is 28.2 Å². The fraction of sp³-hybridized carbons (Fsp3) is 0.286. The van der Waals surface area contributed by atoms with Crippen LogP contribution in [0.5, 0.6) is 0 Å². The lowest BCUT2D eigenvalue weighted by Gasteiger charge is -2.04. The second kappa shape index (κ2) is 5.64. The molecule has 0 radical (unpaired) electrons. The van der Waals surface area contributed by atoms with Crippen LogP contribution in [0.1, 0.15) is 6.42 Å². The summed E-state index contributed by atoms with van der Waals surface area (Å²) in [5.74, 6) is 0.901. The lowest BCUT2D eigenvalue weighted by molar-refractivity contribution is -0.695.